The molecule has 0 amide bonds. The predicted molar refractivity (Wildman–Crippen MR) is 98.4 cm³/mol. The van der Waals surface area contributed by atoms with Gasteiger partial charge in [0, 0.05) is 11.8 Å². The maximum absolute atomic E-state index is 5.90. The van der Waals surface area contributed by atoms with Crippen LogP contribution >= 0.6 is 0 Å². The van der Waals surface area contributed by atoms with E-state index < -0.39 is 0 Å². The molecule has 1 fully saturated rings. The summed E-state index contributed by atoms with van der Waals surface area (Å²) in [4.78, 5) is 1.80. The van der Waals surface area contributed by atoms with Gasteiger partial charge in [-0.15, -0.1) is 0 Å². The summed E-state index contributed by atoms with van der Waals surface area (Å²) in [5.41, 5.74) is 1.58. The van der Waals surface area contributed by atoms with Crippen LogP contribution < -0.4 is 9.64 Å². The molecule has 1 heterocycles. The first kappa shape index (κ1) is 18.3. The van der Waals surface area contributed by atoms with Crippen LogP contribution in [0.2, 0.25) is 0 Å². The Kier molecular flexibility index (Phi) is 6.52. The van der Waals surface area contributed by atoms with Crippen molar-refractivity contribution >= 4 is 0 Å². The smallest absolute Gasteiger partial charge is 0.119 e. The van der Waals surface area contributed by atoms with Gasteiger partial charge in [0.1, 0.15) is 5.75 Å². The van der Waals surface area contributed by atoms with E-state index in [0.29, 0.717) is 0 Å². The van der Waals surface area contributed by atoms with E-state index in [1.807, 2.05) is 0 Å². The molecule has 1 aliphatic heterocycles. The van der Waals surface area contributed by atoms with Crippen LogP contribution in [0.15, 0.2) is 24.3 Å². The third kappa shape index (κ3) is 6.18. The van der Waals surface area contributed by atoms with E-state index in [-0.39, 0.29) is 5.41 Å². The average Bonchev–Trinajstić information content (AvgIpc) is 2.45. The number of benzene rings is 1. The molecule has 1 saturated heterocycles. The maximum Gasteiger partial charge on any atom is 0.119 e. The number of unbranched alkanes of at least 4 members (excludes halogenated alkanes) is 1. The van der Waals surface area contributed by atoms with E-state index in [1.165, 1.54) is 38.0 Å². The van der Waals surface area contributed by atoms with Crippen LogP contribution in [0.3, 0.4) is 0 Å². The average molecular weight is 319 g/mol. The first-order valence-electron chi connectivity index (χ1n) is 9.41. The Balaban J connectivity index is 1.64. The van der Waals surface area contributed by atoms with E-state index in [9.17, 15) is 0 Å². The summed E-state index contributed by atoms with van der Waals surface area (Å²) in [6.07, 6.45) is 3.85. The summed E-state index contributed by atoms with van der Waals surface area (Å²) in [5, 5.41) is 0. The van der Waals surface area contributed by atoms with Gasteiger partial charge >= 0.3 is 0 Å². The van der Waals surface area contributed by atoms with Crippen LogP contribution in [-0.4, -0.2) is 26.2 Å². The minimum atomic E-state index is 0.212. The highest BCUT2D eigenvalue weighted by Crippen LogP contribution is 2.24. The lowest BCUT2D eigenvalue weighted by Crippen LogP contribution is -3.14. The number of ether oxygens (including phenoxy) is 1. The Morgan fingerprint density at radius 1 is 1.00 bits per heavy atom. The van der Waals surface area contributed by atoms with Gasteiger partial charge in [-0.25, -0.2) is 0 Å². The van der Waals surface area contributed by atoms with Gasteiger partial charge in [0.05, 0.1) is 26.2 Å². The zero-order valence-electron chi connectivity index (χ0n) is 15.8. The second-order valence-electron chi connectivity index (χ2n) is 8.68. The molecule has 1 aromatic rings. The van der Waals surface area contributed by atoms with Crippen molar-refractivity contribution in [3.05, 3.63) is 29.8 Å². The van der Waals surface area contributed by atoms with Crippen LogP contribution in [0.1, 0.15) is 59.4 Å². The van der Waals surface area contributed by atoms with Gasteiger partial charge in [-0.3, -0.25) is 0 Å². The van der Waals surface area contributed by atoms with E-state index in [0.717, 1.165) is 30.6 Å². The molecule has 2 rings (SSSR count). The Labute approximate surface area is 143 Å². The number of hydrogen-bond donors (Lipinski definition) is 1. The predicted octanol–water partition coefficient (Wildman–Crippen LogP) is 3.70. The molecule has 2 heteroatoms. The number of nitrogens with one attached hydrogen (secondary N) is 1. The van der Waals surface area contributed by atoms with Crippen molar-refractivity contribution in [3.8, 4) is 5.75 Å². The normalized spacial score (nSPS) is 25.3. The molecule has 23 heavy (non-hydrogen) atoms. The summed E-state index contributed by atoms with van der Waals surface area (Å²) in [7, 11) is 0. The minimum Gasteiger partial charge on any atom is -0.494 e. The number of piperidine rings is 1. The van der Waals surface area contributed by atoms with Crippen LogP contribution in [0.25, 0.3) is 0 Å². The molecule has 0 aromatic heterocycles. The molecule has 0 spiro atoms. The third-order valence-corrected chi connectivity index (χ3v) is 4.99. The Morgan fingerprint density at radius 3 is 2.17 bits per heavy atom. The first-order chi connectivity index (χ1) is 10.8. The van der Waals surface area contributed by atoms with Crippen molar-refractivity contribution in [3.63, 3.8) is 0 Å². The number of rotatable bonds is 6. The second kappa shape index (κ2) is 8.19. The third-order valence-electron chi connectivity index (χ3n) is 4.99. The number of hydrogen-bond acceptors (Lipinski definition) is 1. The molecular formula is C21H36NO+. The van der Waals surface area contributed by atoms with Crippen molar-refractivity contribution in [2.24, 2.45) is 11.8 Å². The summed E-state index contributed by atoms with van der Waals surface area (Å²) in [6.45, 7) is 16.4. The monoisotopic (exact) mass is 318 g/mol. The largest absolute Gasteiger partial charge is 0.494 e. The van der Waals surface area contributed by atoms with Gasteiger partial charge in [0.15, 0.2) is 0 Å². The summed E-state index contributed by atoms with van der Waals surface area (Å²) < 4.78 is 5.90. The standard InChI is InChI=1S/C21H35NO/c1-17-14-18(2)16-22(15-17)12-6-7-13-23-20-10-8-19(9-11-20)21(3,4)5/h8-11,17-18H,6-7,12-16H2,1-5H3/p+1/t17-,18-/m1/s1. The van der Waals surface area contributed by atoms with E-state index >= 15 is 0 Å². The van der Waals surface area contributed by atoms with Gasteiger partial charge in [-0.1, -0.05) is 46.8 Å². The molecule has 0 saturated carbocycles. The number of likely N-dealkylation sites (tertiary alicyclic amines) is 1. The fraction of sp³-hybridized carbons (Fsp3) is 0.714. The van der Waals surface area contributed by atoms with Crippen molar-refractivity contribution in [1.82, 2.24) is 0 Å². The lowest BCUT2D eigenvalue weighted by Gasteiger charge is -2.32. The zero-order chi connectivity index (χ0) is 16.9. The molecule has 0 bridgehead atoms. The Hall–Kier alpha value is -1.02. The summed E-state index contributed by atoms with van der Waals surface area (Å²) in [5.74, 6) is 2.79. The van der Waals surface area contributed by atoms with Crippen LogP contribution in [-0.2, 0) is 5.41 Å². The highest BCUT2D eigenvalue weighted by Gasteiger charge is 2.24. The second-order valence-corrected chi connectivity index (χ2v) is 8.68. The lowest BCUT2D eigenvalue weighted by molar-refractivity contribution is -0.912. The molecule has 0 unspecified atom stereocenters. The molecule has 0 radical (unpaired) electrons. The molecule has 2 nitrogen and oxygen atoms in total. The molecule has 130 valence electrons. The van der Waals surface area contributed by atoms with Crippen LogP contribution in [0, 0.1) is 11.8 Å². The van der Waals surface area contributed by atoms with Crippen molar-refractivity contribution in [1.29, 1.82) is 0 Å². The Morgan fingerprint density at radius 2 is 1.61 bits per heavy atom. The van der Waals surface area contributed by atoms with Crippen molar-refractivity contribution in [2.75, 3.05) is 26.2 Å². The SMILES string of the molecule is C[C@@H]1C[C@@H](C)C[NH+](CCCCOc2ccc(C(C)(C)C)cc2)C1. The molecule has 2 atom stereocenters. The van der Waals surface area contributed by atoms with Gasteiger partial charge in [0.25, 0.3) is 0 Å². The van der Waals surface area contributed by atoms with Gasteiger partial charge in [0.2, 0.25) is 0 Å². The minimum absolute atomic E-state index is 0.212. The first-order valence-corrected chi connectivity index (χ1v) is 9.41. The summed E-state index contributed by atoms with van der Waals surface area (Å²) >= 11 is 0. The van der Waals surface area contributed by atoms with Gasteiger partial charge in [-0.2, -0.15) is 0 Å². The van der Waals surface area contributed by atoms with Gasteiger partial charge < -0.3 is 9.64 Å². The molecule has 1 aromatic carbocycles. The van der Waals surface area contributed by atoms with Gasteiger partial charge in [-0.05, 0) is 42.4 Å². The van der Waals surface area contributed by atoms with Crippen molar-refractivity contribution < 1.29 is 9.64 Å². The van der Waals surface area contributed by atoms with Crippen molar-refractivity contribution in [2.45, 2.75) is 59.3 Å². The maximum atomic E-state index is 5.90. The molecule has 0 aliphatic carbocycles. The summed E-state index contributed by atoms with van der Waals surface area (Å²) in [6, 6.07) is 8.60. The van der Waals surface area contributed by atoms with Crippen LogP contribution in [0.5, 0.6) is 5.75 Å². The number of quaternary nitrogens is 1. The highest BCUT2D eigenvalue weighted by molar-refractivity contribution is 5.31. The Bertz CT molecular complexity index is 450. The fourth-order valence-corrected chi connectivity index (χ4v) is 3.84. The highest BCUT2D eigenvalue weighted by atomic mass is 16.5. The molecule has 1 N–H and O–H groups in total. The van der Waals surface area contributed by atoms with E-state index in [4.69, 9.17) is 4.74 Å². The fourth-order valence-electron chi connectivity index (χ4n) is 3.84. The van der Waals surface area contributed by atoms with E-state index in [1.54, 1.807) is 4.90 Å². The van der Waals surface area contributed by atoms with Crippen LogP contribution in [0.4, 0.5) is 0 Å². The lowest BCUT2D eigenvalue weighted by atomic mass is 9.87. The topological polar surface area (TPSA) is 13.7 Å². The molecular weight excluding hydrogens is 282 g/mol. The quantitative estimate of drug-likeness (QED) is 0.790. The zero-order valence-corrected chi connectivity index (χ0v) is 15.8. The van der Waals surface area contributed by atoms with E-state index in [2.05, 4.69) is 58.9 Å². The molecule has 1 aliphatic rings.